The minimum atomic E-state index is -1.09. The Labute approximate surface area is 255 Å². The number of amides is 4. The Hall–Kier alpha value is -3.38. The van der Waals surface area contributed by atoms with Crippen molar-refractivity contribution in [1.82, 2.24) is 26.4 Å². The van der Waals surface area contributed by atoms with Crippen molar-refractivity contribution in [3.63, 3.8) is 0 Å². The predicted molar refractivity (Wildman–Crippen MR) is 163 cm³/mol. The molecule has 1 fully saturated rings. The zero-order valence-electron chi connectivity index (χ0n) is 26.4. The van der Waals surface area contributed by atoms with E-state index < -0.39 is 48.2 Å². The van der Waals surface area contributed by atoms with Crippen LogP contribution in [0.25, 0.3) is 0 Å². The van der Waals surface area contributed by atoms with E-state index in [0.717, 1.165) is 31.2 Å². The van der Waals surface area contributed by atoms with Gasteiger partial charge in [-0.05, 0) is 42.6 Å². The van der Waals surface area contributed by atoms with Crippen molar-refractivity contribution >= 4 is 24.0 Å². The summed E-state index contributed by atoms with van der Waals surface area (Å²) in [5.41, 5.74) is 3.83. The average Bonchev–Trinajstić information content (AvgIpc) is 2.98. The topological polar surface area (TPSA) is 158 Å². The van der Waals surface area contributed by atoms with Crippen molar-refractivity contribution in [2.45, 2.75) is 90.4 Å². The van der Waals surface area contributed by atoms with Crippen molar-refractivity contribution in [2.75, 3.05) is 27.3 Å². The highest BCUT2D eigenvalue weighted by molar-refractivity contribution is 5.86. The van der Waals surface area contributed by atoms with Gasteiger partial charge in [0.15, 0.2) is 0 Å². The Kier molecular flexibility index (Phi) is 15.3. The summed E-state index contributed by atoms with van der Waals surface area (Å²) in [4.78, 5) is 50.6. The third-order valence-corrected chi connectivity index (χ3v) is 7.79. The maximum Gasteiger partial charge on any atom is 0.407 e. The van der Waals surface area contributed by atoms with Crippen LogP contribution in [-0.2, 0) is 25.5 Å². The minimum absolute atomic E-state index is 0.0276. The number of hydrogen-bond donors (Lipinski definition) is 5. The molecule has 0 radical (unpaired) electrons. The largest absolute Gasteiger partial charge is 0.453 e. The molecule has 0 heterocycles. The number of carbonyl (C=O) groups is 4. The Bertz CT molecular complexity index is 1020. The molecule has 1 aliphatic carbocycles. The number of nitrogens with one attached hydrogen (secondary N) is 4. The lowest BCUT2D eigenvalue weighted by Crippen LogP contribution is -2.60. The van der Waals surface area contributed by atoms with Gasteiger partial charge in [-0.15, -0.1) is 0 Å². The quantitative estimate of drug-likeness (QED) is 0.191. The molecule has 12 heteroatoms. The first-order chi connectivity index (χ1) is 20.4. The summed E-state index contributed by atoms with van der Waals surface area (Å²) >= 11 is 0. The molecule has 12 nitrogen and oxygen atoms in total. The number of hydrogen-bond acceptors (Lipinski definition) is 8. The number of benzene rings is 1. The zero-order valence-corrected chi connectivity index (χ0v) is 26.4. The molecule has 1 saturated carbocycles. The van der Waals surface area contributed by atoms with Crippen LogP contribution in [0, 0.1) is 17.8 Å². The van der Waals surface area contributed by atoms with Crippen LogP contribution in [0.15, 0.2) is 30.3 Å². The summed E-state index contributed by atoms with van der Waals surface area (Å²) in [5.74, 6) is -1.02. The molecule has 0 saturated heterocycles. The second-order valence-corrected chi connectivity index (χ2v) is 12.0. The lowest BCUT2D eigenvalue weighted by atomic mass is 9.89. The van der Waals surface area contributed by atoms with Gasteiger partial charge >= 0.3 is 12.2 Å². The van der Waals surface area contributed by atoms with Crippen LogP contribution in [0.3, 0.4) is 0 Å². The van der Waals surface area contributed by atoms with Crippen LogP contribution in [0.1, 0.15) is 65.4 Å². The van der Waals surface area contributed by atoms with Gasteiger partial charge < -0.3 is 30.5 Å². The Morgan fingerprint density at radius 1 is 0.837 bits per heavy atom. The fourth-order valence-electron chi connectivity index (χ4n) is 5.29. The monoisotopic (exact) mass is 605 g/mol. The fourth-order valence-corrected chi connectivity index (χ4v) is 5.29. The normalized spacial score (nSPS) is 16.6. The highest BCUT2D eigenvalue weighted by Gasteiger charge is 2.32. The third kappa shape index (κ3) is 12.4. The first-order valence-corrected chi connectivity index (χ1v) is 15.2. The van der Waals surface area contributed by atoms with Gasteiger partial charge in [-0.1, -0.05) is 77.3 Å². The lowest BCUT2D eigenvalue weighted by Gasteiger charge is -2.35. The second kappa shape index (κ2) is 18.3. The van der Waals surface area contributed by atoms with Gasteiger partial charge in [-0.2, -0.15) is 0 Å². The summed E-state index contributed by atoms with van der Waals surface area (Å²) in [6.07, 6.45) is 3.19. The first-order valence-electron chi connectivity index (χ1n) is 15.2. The summed E-state index contributed by atoms with van der Waals surface area (Å²) in [6, 6.07) is 6.99. The van der Waals surface area contributed by atoms with E-state index in [9.17, 15) is 24.3 Å². The van der Waals surface area contributed by atoms with Crippen LogP contribution in [0.2, 0.25) is 0 Å². The minimum Gasteiger partial charge on any atom is -0.453 e. The molecule has 242 valence electrons. The SMILES string of the molecule is COC(=O)N[C@H](C(=O)NC(Cc1ccccc1)C(O)CN(CC1CCCCC1)NC(=O)[C@@H](NC(=O)OC)C(C)C)C(C)C. The van der Waals surface area contributed by atoms with Crippen LogP contribution in [-0.4, -0.2) is 85.7 Å². The highest BCUT2D eigenvalue weighted by atomic mass is 16.5. The van der Waals surface area contributed by atoms with E-state index in [-0.39, 0.29) is 18.4 Å². The number of nitrogens with zero attached hydrogens (tertiary/aromatic N) is 1. The highest BCUT2D eigenvalue weighted by Crippen LogP contribution is 2.24. The van der Waals surface area contributed by atoms with Crippen molar-refractivity contribution in [1.29, 1.82) is 0 Å². The molecule has 43 heavy (non-hydrogen) atoms. The number of alkyl carbamates (subject to hydrolysis) is 2. The molecule has 5 N–H and O–H groups in total. The number of hydrazine groups is 1. The molecule has 0 aromatic heterocycles. The molecule has 4 amide bonds. The number of rotatable bonds is 15. The van der Waals surface area contributed by atoms with E-state index in [0.29, 0.717) is 18.9 Å². The van der Waals surface area contributed by atoms with E-state index in [1.165, 1.54) is 20.6 Å². The summed E-state index contributed by atoms with van der Waals surface area (Å²) < 4.78 is 9.40. The standard InChI is InChI=1S/C31H51N5O7/c1-20(2)26(33-30(40)42-5)28(38)32-24(17-22-13-9-7-10-14-22)25(37)19-36(18-23-15-11-8-12-16-23)35-29(39)27(21(3)4)34-31(41)43-6/h7,9-10,13-14,20-21,23-27,37H,8,11-12,15-19H2,1-6H3,(H,32,38)(H,33,40)(H,34,41)(H,35,39)/t24?,25?,26-,27-/m0/s1. The Morgan fingerprint density at radius 2 is 1.37 bits per heavy atom. The predicted octanol–water partition coefficient (Wildman–Crippen LogP) is 2.75. The van der Waals surface area contributed by atoms with Crippen molar-refractivity contribution < 1.29 is 33.8 Å². The summed E-state index contributed by atoms with van der Waals surface area (Å²) in [6.45, 7) is 7.78. The van der Waals surface area contributed by atoms with Crippen LogP contribution < -0.4 is 21.4 Å². The maximum absolute atomic E-state index is 13.4. The van der Waals surface area contributed by atoms with Crippen LogP contribution in [0.4, 0.5) is 9.59 Å². The number of aliphatic hydroxyl groups excluding tert-OH is 1. The smallest absolute Gasteiger partial charge is 0.407 e. The molecule has 4 atom stereocenters. The molecular formula is C31H51N5O7. The summed E-state index contributed by atoms with van der Waals surface area (Å²) in [7, 11) is 2.47. The van der Waals surface area contributed by atoms with Gasteiger partial charge in [0.25, 0.3) is 5.91 Å². The molecule has 0 bridgehead atoms. The third-order valence-electron chi connectivity index (χ3n) is 7.79. The van der Waals surface area contributed by atoms with Crippen molar-refractivity contribution in [3.05, 3.63) is 35.9 Å². The molecule has 2 unspecified atom stereocenters. The molecule has 1 aliphatic rings. The van der Waals surface area contributed by atoms with Gasteiger partial charge in [-0.3, -0.25) is 15.0 Å². The second-order valence-electron chi connectivity index (χ2n) is 12.0. The van der Waals surface area contributed by atoms with Crippen LogP contribution in [0.5, 0.6) is 0 Å². The van der Waals surface area contributed by atoms with E-state index >= 15 is 0 Å². The zero-order chi connectivity index (χ0) is 31.9. The molecular weight excluding hydrogens is 554 g/mol. The molecule has 0 aliphatic heterocycles. The van der Waals surface area contributed by atoms with Crippen molar-refractivity contribution in [2.24, 2.45) is 17.8 Å². The van der Waals surface area contributed by atoms with Gasteiger partial charge in [0.2, 0.25) is 5.91 Å². The van der Waals surface area contributed by atoms with E-state index in [4.69, 9.17) is 9.47 Å². The van der Waals surface area contributed by atoms with E-state index in [1.54, 1.807) is 18.9 Å². The number of carbonyl (C=O) groups excluding carboxylic acids is 4. The molecule has 1 aromatic rings. The van der Waals surface area contributed by atoms with Crippen LogP contribution >= 0.6 is 0 Å². The lowest BCUT2D eigenvalue weighted by molar-refractivity contribution is -0.131. The average molecular weight is 606 g/mol. The van der Waals surface area contributed by atoms with E-state index in [2.05, 4.69) is 21.4 Å². The van der Waals surface area contributed by atoms with Gasteiger partial charge in [0.05, 0.1) is 26.4 Å². The Balaban J connectivity index is 2.30. The Morgan fingerprint density at radius 3 is 1.88 bits per heavy atom. The van der Waals surface area contributed by atoms with Gasteiger partial charge in [-0.25, -0.2) is 14.6 Å². The van der Waals surface area contributed by atoms with Gasteiger partial charge in [0, 0.05) is 13.1 Å². The fraction of sp³-hybridized carbons (Fsp3) is 0.677. The van der Waals surface area contributed by atoms with E-state index in [1.807, 2.05) is 44.2 Å². The first kappa shape index (κ1) is 35.8. The number of ether oxygens (including phenoxy) is 2. The molecule has 1 aromatic carbocycles. The van der Waals surface area contributed by atoms with Crippen molar-refractivity contribution in [3.8, 4) is 0 Å². The molecule has 2 rings (SSSR count). The number of methoxy groups -OCH3 is 2. The summed E-state index contributed by atoms with van der Waals surface area (Å²) in [5, 5.41) is 21.4. The van der Waals surface area contributed by atoms with Gasteiger partial charge in [0.1, 0.15) is 12.1 Å². The molecule has 0 spiro atoms. The maximum atomic E-state index is 13.4. The number of aliphatic hydroxyl groups is 1.